The number of ketones is 1. The molecule has 0 amide bonds. The smallest absolute Gasteiger partial charge is 0.223 e. The summed E-state index contributed by atoms with van der Waals surface area (Å²) in [6.07, 6.45) is 3.31. The largest absolute Gasteiger partial charge is 0.508 e. The minimum atomic E-state index is 0.0176. The molecule has 136 valence electrons. The maximum atomic E-state index is 12.7. The van der Waals surface area contributed by atoms with E-state index in [4.69, 9.17) is 9.26 Å². The number of fused-ring (bicyclic) bond motifs is 1. The Labute approximate surface area is 156 Å². The lowest BCUT2D eigenvalue weighted by Crippen LogP contribution is -2.13. The Morgan fingerprint density at radius 2 is 2.00 bits per heavy atom. The molecule has 1 heterocycles. The van der Waals surface area contributed by atoms with E-state index in [-0.39, 0.29) is 18.1 Å². The molecule has 0 saturated carbocycles. The van der Waals surface area contributed by atoms with Gasteiger partial charge < -0.3 is 14.4 Å². The lowest BCUT2D eigenvalue weighted by molar-refractivity contribution is 0.102. The van der Waals surface area contributed by atoms with Gasteiger partial charge in [-0.15, -0.1) is 0 Å². The highest BCUT2D eigenvalue weighted by atomic mass is 16.5. The van der Waals surface area contributed by atoms with Crippen LogP contribution in [0.15, 0.2) is 52.6 Å². The zero-order valence-electron chi connectivity index (χ0n) is 14.8. The van der Waals surface area contributed by atoms with Gasteiger partial charge in [0.1, 0.15) is 11.5 Å². The van der Waals surface area contributed by atoms with E-state index in [1.165, 1.54) is 0 Å². The summed E-state index contributed by atoms with van der Waals surface area (Å²) >= 11 is 0. The molecule has 6 nitrogen and oxygen atoms in total. The highest BCUT2D eigenvalue weighted by Gasteiger charge is 2.22. The summed E-state index contributed by atoms with van der Waals surface area (Å²) in [4.78, 5) is 16.8. The van der Waals surface area contributed by atoms with Crippen molar-refractivity contribution < 1.29 is 19.2 Å². The summed E-state index contributed by atoms with van der Waals surface area (Å²) < 4.78 is 10.5. The molecule has 0 unspecified atom stereocenters. The van der Waals surface area contributed by atoms with Gasteiger partial charge in [0.05, 0.1) is 0 Å². The van der Waals surface area contributed by atoms with E-state index in [9.17, 15) is 9.90 Å². The van der Waals surface area contributed by atoms with Crippen molar-refractivity contribution in [3.05, 3.63) is 76.4 Å². The Morgan fingerprint density at radius 1 is 1.19 bits per heavy atom. The summed E-state index contributed by atoms with van der Waals surface area (Å²) in [5.41, 5.74) is 3.27. The molecule has 1 aliphatic rings. The average Bonchev–Trinajstić information content (AvgIpc) is 3.09. The Bertz CT molecular complexity index is 1020. The molecule has 1 aromatic heterocycles. The fraction of sp³-hybridized carbons (Fsp3) is 0.190. The second-order valence-electron chi connectivity index (χ2n) is 6.43. The van der Waals surface area contributed by atoms with Gasteiger partial charge in [0.2, 0.25) is 11.7 Å². The molecular formula is C21H18N2O4. The number of allylic oxidation sites excluding steroid dienone is 1. The molecule has 0 spiro atoms. The predicted octanol–water partition coefficient (Wildman–Crippen LogP) is 3.88. The first-order valence-electron chi connectivity index (χ1n) is 8.68. The fourth-order valence-electron chi connectivity index (χ4n) is 3.11. The number of phenols is 1. The van der Waals surface area contributed by atoms with Crippen molar-refractivity contribution >= 4 is 11.9 Å². The number of benzene rings is 2. The van der Waals surface area contributed by atoms with Gasteiger partial charge in [-0.2, -0.15) is 4.98 Å². The highest BCUT2D eigenvalue weighted by molar-refractivity contribution is 6.13. The van der Waals surface area contributed by atoms with Crippen molar-refractivity contribution in [1.29, 1.82) is 0 Å². The van der Waals surface area contributed by atoms with Crippen molar-refractivity contribution in [2.24, 2.45) is 0 Å². The molecule has 1 N–H and O–H groups in total. The summed E-state index contributed by atoms with van der Waals surface area (Å²) in [6.45, 7) is 1.96. The van der Waals surface area contributed by atoms with E-state index in [1.807, 2.05) is 30.3 Å². The predicted molar refractivity (Wildman–Crippen MR) is 98.5 cm³/mol. The summed E-state index contributed by atoms with van der Waals surface area (Å²) in [5.74, 6) is 1.90. The Balaban J connectivity index is 1.46. The van der Waals surface area contributed by atoms with E-state index in [1.54, 1.807) is 25.1 Å². The van der Waals surface area contributed by atoms with Crippen molar-refractivity contribution in [2.45, 2.75) is 26.4 Å². The third-order valence-corrected chi connectivity index (χ3v) is 4.45. The molecule has 0 saturated heterocycles. The van der Waals surface area contributed by atoms with Crippen LogP contribution in [0.1, 0.15) is 39.6 Å². The van der Waals surface area contributed by atoms with Gasteiger partial charge in [0.25, 0.3) is 0 Å². The van der Waals surface area contributed by atoms with Crippen LogP contribution >= 0.6 is 0 Å². The standard InChI is InChI=1S/C21H18N2O4/c1-13-22-20(23-27-13)12-26-18-7-2-14(3-8-18)10-16-5-4-15-11-17(24)6-9-19(15)21(16)25/h2-3,6-11,24H,4-5,12H2,1H3. The molecule has 0 fully saturated rings. The zero-order valence-corrected chi connectivity index (χ0v) is 14.8. The Kier molecular flexibility index (Phi) is 4.46. The van der Waals surface area contributed by atoms with Crippen LogP contribution in [0.4, 0.5) is 0 Å². The number of nitrogens with zero attached hydrogens (tertiary/aromatic N) is 2. The maximum Gasteiger partial charge on any atom is 0.223 e. The fourth-order valence-corrected chi connectivity index (χ4v) is 3.11. The molecule has 2 aromatic carbocycles. The first kappa shape index (κ1) is 17.0. The van der Waals surface area contributed by atoms with Crippen LogP contribution in [-0.4, -0.2) is 21.0 Å². The van der Waals surface area contributed by atoms with Crippen LogP contribution in [-0.2, 0) is 13.0 Å². The van der Waals surface area contributed by atoms with Crippen LogP contribution in [0, 0.1) is 6.92 Å². The first-order valence-corrected chi connectivity index (χ1v) is 8.68. The van der Waals surface area contributed by atoms with Crippen LogP contribution in [0.3, 0.4) is 0 Å². The number of carbonyl (C=O) groups is 1. The van der Waals surface area contributed by atoms with Crippen LogP contribution < -0.4 is 4.74 Å². The monoisotopic (exact) mass is 362 g/mol. The maximum absolute atomic E-state index is 12.7. The Morgan fingerprint density at radius 3 is 2.74 bits per heavy atom. The van der Waals surface area contributed by atoms with Gasteiger partial charge in [0, 0.05) is 18.1 Å². The molecular weight excluding hydrogens is 344 g/mol. The number of hydrogen-bond acceptors (Lipinski definition) is 6. The third kappa shape index (κ3) is 3.74. The van der Waals surface area contributed by atoms with E-state index >= 15 is 0 Å². The first-order chi connectivity index (χ1) is 13.1. The van der Waals surface area contributed by atoms with Crippen molar-refractivity contribution in [2.75, 3.05) is 0 Å². The number of Topliss-reactive ketones (excluding diaryl/α,β-unsaturated/α-hetero) is 1. The van der Waals surface area contributed by atoms with E-state index in [0.717, 1.165) is 23.1 Å². The molecule has 0 bridgehead atoms. The lowest BCUT2D eigenvalue weighted by atomic mass is 9.86. The summed E-state index contributed by atoms with van der Waals surface area (Å²) in [6, 6.07) is 12.4. The Hall–Kier alpha value is -3.41. The van der Waals surface area contributed by atoms with Crippen molar-refractivity contribution in [1.82, 2.24) is 10.1 Å². The van der Waals surface area contributed by atoms with Gasteiger partial charge in [-0.1, -0.05) is 17.3 Å². The van der Waals surface area contributed by atoms with Gasteiger partial charge in [-0.3, -0.25) is 4.79 Å². The molecule has 3 aromatic rings. The molecule has 0 aliphatic heterocycles. The second kappa shape index (κ2) is 7.07. The number of carbonyl (C=O) groups excluding carboxylic acids is 1. The molecule has 27 heavy (non-hydrogen) atoms. The number of aryl methyl sites for hydroxylation is 2. The van der Waals surface area contributed by atoms with Crippen molar-refractivity contribution in [3.63, 3.8) is 0 Å². The average molecular weight is 362 g/mol. The quantitative estimate of drug-likeness (QED) is 0.709. The molecule has 1 aliphatic carbocycles. The van der Waals surface area contributed by atoms with E-state index in [0.29, 0.717) is 29.4 Å². The number of rotatable bonds is 4. The normalized spacial score (nSPS) is 15.0. The lowest BCUT2D eigenvalue weighted by Gasteiger charge is -2.17. The number of phenolic OH excluding ortho intramolecular Hbond substituents is 1. The minimum absolute atomic E-state index is 0.0176. The number of aromatic hydroxyl groups is 1. The topological polar surface area (TPSA) is 85.5 Å². The molecule has 0 radical (unpaired) electrons. The van der Waals surface area contributed by atoms with Gasteiger partial charge in [-0.05, 0) is 60.4 Å². The van der Waals surface area contributed by atoms with Crippen LogP contribution in [0.5, 0.6) is 11.5 Å². The van der Waals surface area contributed by atoms with Crippen LogP contribution in [0.25, 0.3) is 6.08 Å². The molecule has 0 atom stereocenters. The number of aromatic nitrogens is 2. The van der Waals surface area contributed by atoms with Gasteiger partial charge in [-0.25, -0.2) is 0 Å². The van der Waals surface area contributed by atoms with E-state index in [2.05, 4.69) is 10.1 Å². The van der Waals surface area contributed by atoms with Crippen LogP contribution in [0.2, 0.25) is 0 Å². The highest BCUT2D eigenvalue weighted by Crippen LogP contribution is 2.29. The zero-order chi connectivity index (χ0) is 18.8. The number of hydrogen-bond donors (Lipinski definition) is 1. The molecule has 4 rings (SSSR count). The third-order valence-electron chi connectivity index (χ3n) is 4.45. The van der Waals surface area contributed by atoms with Crippen molar-refractivity contribution in [3.8, 4) is 11.5 Å². The molecule has 6 heteroatoms. The van der Waals surface area contributed by atoms with Gasteiger partial charge >= 0.3 is 0 Å². The summed E-state index contributed by atoms with van der Waals surface area (Å²) in [7, 11) is 0. The minimum Gasteiger partial charge on any atom is -0.508 e. The van der Waals surface area contributed by atoms with Gasteiger partial charge in [0.15, 0.2) is 12.4 Å². The number of ether oxygens (including phenoxy) is 1. The SMILES string of the molecule is Cc1nc(COc2ccc(C=C3CCc4cc(O)ccc4C3=O)cc2)no1. The second-order valence-corrected chi connectivity index (χ2v) is 6.43. The summed E-state index contributed by atoms with van der Waals surface area (Å²) in [5, 5.41) is 13.4. The van der Waals surface area contributed by atoms with E-state index < -0.39 is 0 Å².